The molecule has 1 aliphatic rings. The van der Waals surface area contributed by atoms with Crippen LogP contribution in [0.25, 0.3) is 0 Å². The molecule has 8 heteroatoms. The van der Waals surface area contributed by atoms with Crippen LogP contribution in [0.1, 0.15) is 44.7 Å². The Labute approximate surface area is 181 Å². The zero-order valence-electron chi connectivity index (χ0n) is 17.7. The minimum absolute atomic E-state index is 0.00407. The Morgan fingerprint density at radius 3 is 2.43 bits per heavy atom. The number of esters is 1. The number of ether oxygens (including phenoxy) is 2. The van der Waals surface area contributed by atoms with Gasteiger partial charge in [0, 0.05) is 25.0 Å². The second-order valence-electron chi connectivity index (χ2n) is 7.16. The van der Waals surface area contributed by atoms with Crippen molar-refractivity contribution >= 4 is 23.5 Å². The van der Waals surface area contributed by atoms with Crippen LogP contribution in [0, 0.1) is 11.3 Å². The molecule has 160 valence electrons. The number of halogens is 1. The first-order chi connectivity index (χ1) is 14.1. The fourth-order valence-corrected chi connectivity index (χ4v) is 3.89. The largest absolute Gasteiger partial charge is 0.478 e. The topological polar surface area (TPSA) is 99.9 Å². The molecular weight excluding hydrogens is 408 g/mol. The van der Waals surface area contributed by atoms with Gasteiger partial charge in [-0.15, -0.1) is 0 Å². The van der Waals surface area contributed by atoms with Crippen LogP contribution in [0.15, 0.2) is 40.7 Å². The number of aliphatic carboxylic acids is 1. The zero-order valence-corrected chi connectivity index (χ0v) is 18.4. The monoisotopic (exact) mass is 432 g/mol. The summed E-state index contributed by atoms with van der Waals surface area (Å²) in [6.07, 6.45) is -0.396. The number of carbonyl (C=O) groups excluding carboxylic acids is 1. The summed E-state index contributed by atoms with van der Waals surface area (Å²) in [4.78, 5) is 27.2. The molecule has 1 heterocycles. The van der Waals surface area contributed by atoms with Crippen LogP contribution in [0.5, 0.6) is 0 Å². The summed E-state index contributed by atoms with van der Waals surface area (Å²) >= 11 is 6.46. The molecule has 0 bridgehead atoms. The predicted molar refractivity (Wildman–Crippen MR) is 112 cm³/mol. The van der Waals surface area contributed by atoms with Gasteiger partial charge in [0.25, 0.3) is 0 Å². The summed E-state index contributed by atoms with van der Waals surface area (Å²) in [7, 11) is 1.55. The first-order valence-electron chi connectivity index (χ1n) is 9.46. The number of methoxy groups -OCH3 is 1. The van der Waals surface area contributed by atoms with Crippen LogP contribution in [0.2, 0.25) is 5.02 Å². The number of nitriles is 1. The average Bonchev–Trinajstić information content (AvgIpc) is 2.66. The minimum atomic E-state index is -1.18. The van der Waals surface area contributed by atoms with E-state index >= 15 is 0 Å². The molecule has 0 aliphatic carbocycles. The van der Waals surface area contributed by atoms with Crippen molar-refractivity contribution in [3.8, 4) is 6.07 Å². The van der Waals surface area contributed by atoms with E-state index in [1.807, 2.05) is 6.07 Å². The summed E-state index contributed by atoms with van der Waals surface area (Å²) in [6.45, 7) is 7.56. The normalized spacial score (nSPS) is 16.7. The third-order valence-corrected chi connectivity index (χ3v) is 5.36. The number of carboxylic acid groups (broad SMARTS) is 1. The highest BCUT2D eigenvalue weighted by Crippen LogP contribution is 2.45. The zero-order chi connectivity index (χ0) is 22.6. The third-order valence-electron chi connectivity index (χ3n) is 4.94. The van der Waals surface area contributed by atoms with Crippen molar-refractivity contribution in [2.45, 2.75) is 39.7 Å². The van der Waals surface area contributed by atoms with Crippen LogP contribution in [-0.2, 0) is 19.1 Å². The van der Waals surface area contributed by atoms with Gasteiger partial charge in [0.1, 0.15) is 6.07 Å². The Morgan fingerprint density at radius 1 is 1.27 bits per heavy atom. The quantitative estimate of drug-likeness (QED) is 0.653. The lowest BCUT2D eigenvalue weighted by Gasteiger charge is -2.37. The highest BCUT2D eigenvalue weighted by atomic mass is 35.5. The second-order valence-corrected chi connectivity index (χ2v) is 7.53. The predicted octanol–water partition coefficient (Wildman–Crippen LogP) is 3.84. The fraction of sp³-hybridized carbons (Fsp3) is 0.409. The van der Waals surface area contributed by atoms with E-state index in [-0.39, 0.29) is 21.7 Å². The van der Waals surface area contributed by atoms with Crippen molar-refractivity contribution in [2.24, 2.45) is 0 Å². The Bertz CT molecular complexity index is 959. The van der Waals surface area contributed by atoms with Gasteiger partial charge in [-0.05, 0) is 39.3 Å². The van der Waals surface area contributed by atoms with E-state index in [1.165, 1.54) is 0 Å². The van der Waals surface area contributed by atoms with Crippen molar-refractivity contribution < 1.29 is 24.2 Å². The van der Waals surface area contributed by atoms with Crippen molar-refractivity contribution in [3.05, 3.63) is 56.9 Å². The first kappa shape index (κ1) is 23.5. The van der Waals surface area contributed by atoms with Gasteiger partial charge in [-0.2, -0.15) is 5.26 Å². The number of carboxylic acids is 1. The van der Waals surface area contributed by atoms with Gasteiger partial charge in [-0.1, -0.05) is 23.7 Å². The van der Waals surface area contributed by atoms with Gasteiger partial charge in [0.2, 0.25) is 0 Å². The molecule has 1 atom stereocenters. The van der Waals surface area contributed by atoms with E-state index in [9.17, 15) is 20.0 Å². The number of benzene rings is 1. The van der Waals surface area contributed by atoms with Crippen LogP contribution < -0.4 is 0 Å². The highest BCUT2D eigenvalue weighted by Gasteiger charge is 2.41. The van der Waals surface area contributed by atoms with Gasteiger partial charge in [-0.3, -0.25) is 0 Å². The van der Waals surface area contributed by atoms with E-state index in [0.29, 0.717) is 30.1 Å². The molecule has 1 N–H and O–H groups in total. The number of nitrogens with zero attached hydrogens (tertiary/aromatic N) is 2. The number of hydrogen-bond donors (Lipinski definition) is 1. The van der Waals surface area contributed by atoms with E-state index in [4.69, 9.17) is 21.1 Å². The molecular formula is C22H25ClN2O5. The van der Waals surface area contributed by atoms with Crippen LogP contribution >= 0.6 is 11.6 Å². The summed E-state index contributed by atoms with van der Waals surface area (Å²) in [5.74, 6) is -2.78. The van der Waals surface area contributed by atoms with E-state index in [2.05, 4.69) is 0 Å². The summed E-state index contributed by atoms with van der Waals surface area (Å²) in [6, 6.07) is 6.79. The molecule has 0 radical (unpaired) electrons. The standard InChI is InChI=1S/C22H25ClN2O5/c1-12(2)30-22(28)18-14(4)25(9-10-29-5)13(3)17(21(26)27)19(18)16-8-6-7-15(11-24)20(16)23/h6-8,12,19H,9-10H2,1-5H3,(H,26,27)/t19-/m1/s1. The van der Waals surface area contributed by atoms with Crippen molar-refractivity contribution in [1.82, 2.24) is 4.90 Å². The van der Waals surface area contributed by atoms with E-state index in [0.717, 1.165) is 0 Å². The molecule has 0 amide bonds. The van der Waals surface area contributed by atoms with Gasteiger partial charge < -0.3 is 19.5 Å². The minimum Gasteiger partial charge on any atom is -0.478 e. The van der Waals surface area contributed by atoms with E-state index in [1.54, 1.807) is 57.9 Å². The third kappa shape index (κ3) is 4.50. The SMILES string of the molecule is COCCN1C(C)=C(C(=O)O)[C@@H](c2cccc(C#N)c2Cl)C(C(=O)OC(C)C)=C1C. The molecule has 0 fully saturated rings. The number of hydrogen-bond acceptors (Lipinski definition) is 6. The van der Waals surface area contributed by atoms with Gasteiger partial charge in [-0.25, -0.2) is 9.59 Å². The summed E-state index contributed by atoms with van der Waals surface area (Å²) in [5, 5.41) is 19.6. The molecule has 0 saturated heterocycles. The molecule has 0 saturated carbocycles. The maximum absolute atomic E-state index is 13.1. The lowest BCUT2D eigenvalue weighted by Crippen LogP contribution is -2.36. The molecule has 0 aromatic heterocycles. The van der Waals surface area contributed by atoms with Crippen molar-refractivity contribution in [1.29, 1.82) is 5.26 Å². The molecule has 7 nitrogen and oxygen atoms in total. The number of rotatable bonds is 7. The lowest BCUT2D eigenvalue weighted by molar-refractivity contribution is -0.143. The first-order valence-corrected chi connectivity index (χ1v) is 9.84. The maximum atomic E-state index is 13.1. The van der Waals surface area contributed by atoms with Gasteiger partial charge in [0.05, 0.1) is 40.4 Å². The average molecular weight is 433 g/mol. The molecule has 30 heavy (non-hydrogen) atoms. The molecule has 1 aromatic carbocycles. The molecule has 0 unspecified atom stereocenters. The number of carbonyl (C=O) groups is 2. The molecule has 1 aliphatic heterocycles. The smallest absolute Gasteiger partial charge is 0.337 e. The Balaban J connectivity index is 2.82. The van der Waals surface area contributed by atoms with Gasteiger partial charge >= 0.3 is 11.9 Å². The highest BCUT2D eigenvalue weighted by molar-refractivity contribution is 6.32. The van der Waals surface area contributed by atoms with Crippen molar-refractivity contribution in [3.63, 3.8) is 0 Å². The molecule has 1 aromatic rings. The summed E-state index contributed by atoms with van der Waals surface area (Å²) in [5.41, 5.74) is 1.79. The lowest BCUT2D eigenvalue weighted by atomic mass is 9.79. The Kier molecular flexibility index (Phi) is 7.65. The van der Waals surface area contributed by atoms with Crippen LogP contribution in [-0.4, -0.2) is 48.3 Å². The van der Waals surface area contributed by atoms with Crippen LogP contribution in [0.4, 0.5) is 0 Å². The Hall–Kier alpha value is -2.82. The maximum Gasteiger partial charge on any atom is 0.337 e. The summed E-state index contributed by atoms with van der Waals surface area (Å²) < 4.78 is 10.6. The molecule has 2 rings (SSSR count). The van der Waals surface area contributed by atoms with Crippen LogP contribution in [0.3, 0.4) is 0 Å². The van der Waals surface area contributed by atoms with Gasteiger partial charge in [0.15, 0.2) is 0 Å². The molecule has 0 spiro atoms. The Morgan fingerprint density at radius 2 is 1.90 bits per heavy atom. The fourth-order valence-electron chi connectivity index (χ4n) is 3.61. The second kappa shape index (κ2) is 9.79. The number of allylic oxidation sites excluding steroid dienone is 2. The van der Waals surface area contributed by atoms with E-state index < -0.39 is 24.0 Å². The van der Waals surface area contributed by atoms with Crippen molar-refractivity contribution in [2.75, 3.05) is 20.3 Å².